The molecule has 0 spiro atoms. The number of hydrogen-bond donors (Lipinski definition) is 1. The van der Waals surface area contributed by atoms with Crippen molar-refractivity contribution in [1.29, 1.82) is 0 Å². The van der Waals surface area contributed by atoms with Gasteiger partial charge in [0.2, 0.25) is 0 Å². The summed E-state index contributed by atoms with van der Waals surface area (Å²) in [5.74, 6) is -0.674. The van der Waals surface area contributed by atoms with Crippen LogP contribution in [0.2, 0.25) is 0 Å². The molecule has 1 amide bonds. The highest BCUT2D eigenvalue weighted by atomic mass is 16.3. The van der Waals surface area contributed by atoms with Gasteiger partial charge in [-0.3, -0.25) is 9.59 Å². The second-order valence-electron chi connectivity index (χ2n) is 4.96. The van der Waals surface area contributed by atoms with Gasteiger partial charge in [0.1, 0.15) is 5.78 Å². The van der Waals surface area contributed by atoms with Crippen LogP contribution in [0.4, 0.5) is 5.69 Å². The highest BCUT2D eigenvalue weighted by Crippen LogP contribution is 2.42. The fourth-order valence-corrected chi connectivity index (χ4v) is 2.51. The molecule has 1 aromatic rings. The van der Waals surface area contributed by atoms with Gasteiger partial charge < -0.3 is 10.0 Å². The van der Waals surface area contributed by atoms with Crippen LogP contribution in [0, 0.1) is 6.92 Å². The smallest absolute Gasteiger partial charge is 0.264 e. The molecule has 100 valence electrons. The summed E-state index contributed by atoms with van der Waals surface area (Å²) in [6.45, 7) is 7.19. The number of anilines is 1. The van der Waals surface area contributed by atoms with Crippen molar-refractivity contribution in [2.45, 2.75) is 25.9 Å². The van der Waals surface area contributed by atoms with Gasteiger partial charge in [-0.25, -0.2) is 0 Å². The van der Waals surface area contributed by atoms with E-state index in [-0.39, 0.29) is 12.2 Å². The maximum Gasteiger partial charge on any atom is 0.264 e. The molecule has 0 saturated heterocycles. The molecule has 4 nitrogen and oxygen atoms in total. The van der Waals surface area contributed by atoms with Crippen molar-refractivity contribution in [3.63, 3.8) is 0 Å². The maximum atomic E-state index is 12.4. The third-order valence-corrected chi connectivity index (χ3v) is 3.30. The minimum atomic E-state index is -1.74. The van der Waals surface area contributed by atoms with Crippen LogP contribution < -0.4 is 4.90 Å². The summed E-state index contributed by atoms with van der Waals surface area (Å²) in [5.41, 5.74) is 0.360. The molecular formula is C15H17NO3. The van der Waals surface area contributed by atoms with E-state index >= 15 is 0 Å². The first kappa shape index (κ1) is 13.5. The lowest BCUT2D eigenvalue weighted by Crippen LogP contribution is -2.41. The molecule has 1 aliphatic heterocycles. The maximum absolute atomic E-state index is 12.4. The van der Waals surface area contributed by atoms with E-state index in [1.54, 1.807) is 18.2 Å². The molecule has 0 saturated carbocycles. The number of hydrogen-bond acceptors (Lipinski definition) is 3. The van der Waals surface area contributed by atoms with Crippen molar-refractivity contribution in [1.82, 2.24) is 0 Å². The van der Waals surface area contributed by atoms with Gasteiger partial charge in [-0.15, -0.1) is 6.58 Å². The minimum absolute atomic E-state index is 0.198. The number of carbonyl (C=O) groups excluding carboxylic acids is 2. The topological polar surface area (TPSA) is 57.6 Å². The number of fused-ring (bicyclic) bond motifs is 1. The quantitative estimate of drug-likeness (QED) is 0.837. The molecule has 1 aromatic carbocycles. The number of rotatable bonds is 4. The lowest BCUT2D eigenvalue weighted by Gasteiger charge is -2.21. The predicted octanol–water partition coefficient (Wildman–Crippen LogP) is 1.69. The Morgan fingerprint density at radius 1 is 1.53 bits per heavy atom. The van der Waals surface area contributed by atoms with E-state index in [1.807, 2.05) is 13.0 Å². The van der Waals surface area contributed by atoms with Crippen molar-refractivity contribution in [2.75, 3.05) is 11.4 Å². The van der Waals surface area contributed by atoms with Gasteiger partial charge in [-0.1, -0.05) is 23.8 Å². The largest absolute Gasteiger partial charge is 0.375 e. The molecular weight excluding hydrogens is 242 g/mol. The summed E-state index contributed by atoms with van der Waals surface area (Å²) in [6, 6.07) is 5.44. The van der Waals surface area contributed by atoms with E-state index in [1.165, 1.54) is 11.8 Å². The van der Waals surface area contributed by atoms with Crippen molar-refractivity contribution < 1.29 is 14.7 Å². The molecule has 1 aliphatic rings. The van der Waals surface area contributed by atoms with E-state index in [4.69, 9.17) is 0 Å². The lowest BCUT2D eigenvalue weighted by molar-refractivity contribution is -0.141. The van der Waals surface area contributed by atoms with Gasteiger partial charge in [-0.2, -0.15) is 0 Å². The molecule has 0 unspecified atom stereocenters. The molecule has 0 fully saturated rings. The van der Waals surface area contributed by atoms with Gasteiger partial charge in [0.15, 0.2) is 5.60 Å². The first-order valence-corrected chi connectivity index (χ1v) is 6.16. The Kier molecular flexibility index (Phi) is 3.28. The average Bonchev–Trinajstić information content (AvgIpc) is 2.51. The van der Waals surface area contributed by atoms with Gasteiger partial charge >= 0.3 is 0 Å². The lowest BCUT2D eigenvalue weighted by atomic mass is 9.89. The van der Waals surface area contributed by atoms with Crippen LogP contribution >= 0.6 is 0 Å². The highest BCUT2D eigenvalue weighted by molar-refractivity contribution is 6.09. The molecule has 1 N–H and O–H groups in total. The fourth-order valence-electron chi connectivity index (χ4n) is 2.51. The molecule has 0 aliphatic carbocycles. The number of Topliss-reactive ketones (excluding diaryl/α,β-unsaturated/α-hetero) is 1. The molecule has 0 radical (unpaired) electrons. The molecule has 19 heavy (non-hydrogen) atoms. The first-order valence-electron chi connectivity index (χ1n) is 6.16. The second-order valence-corrected chi connectivity index (χ2v) is 4.96. The summed E-state index contributed by atoms with van der Waals surface area (Å²) in [7, 11) is 0. The Labute approximate surface area is 112 Å². The number of nitrogens with zero attached hydrogens (tertiary/aromatic N) is 1. The van der Waals surface area contributed by atoms with Crippen molar-refractivity contribution in [3.05, 3.63) is 42.0 Å². The number of amides is 1. The SMILES string of the molecule is C=CCN1C(=O)[C@@](O)(CC(C)=O)c2cc(C)ccc21. The van der Waals surface area contributed by atoms with Gasteiger partial charge in [0.05, 0.1) is 5.69 Å². The third kappa shape index (κ3) is 2.08. The van der Waals surface area contributed by atoms with Crippen molar-refractivity contribution >= 4 is 17.4 Å². The highest BCUT2D eigenvalue weighted by Gasteiger charge is 2.49. The van der Waals surface area contributed by atoms with Crippen LogP contribution in [0.3, 0.4) is 0 Å². The zero-order valence-electron chi connectivity index (χ0n) is 11.1. The molecule has 1 heterocycles. The van der Waals surface area contributed by atoms with Crippen LogP contribution in [-0.4, -0.2) is 23.3 Å². The van der Waals surface area contributed by atoms with Crippen molar-refractivity contribution in [3.8, 4) is 0 Å². The Hall–Kier alpha value is -1.94. The minimum Gasteiger partial charge on any atom is -0.375 e. The molecule has 1 atom stereocenters. The number of aryl methyl sites for hydroxylation is 1. The molecule has 0 aromatic heterocycles. The monoisotopic (exact) mass is 259 g/mol. The Morgan fingerprint density at radius 2 is 2.21 bits per heavy atom. The summed E-state index contributed by atoms with van der Waals surface area (Å²) in [5, 5.41) is 10.7. The van der Waals surface area contributed by atoms with Gasteiger partial charge in [-0.05, 0) is 19.9 Å². The number of carbonyl (C=O) groups is 2. The average molecular weight is 259 g/mol. The summed E-state index contributed by atoms with van der Waals surface area (Å²) < 4.78 is 0. The molecule has 2 rings (SSSR count). The predicted molar refractivity (Wildman–Crippen MR) is 72.9 cm³/mol. The van der Waals surface area contributed by atoms with Crippen LogP contribution in [0.15, 0.2) is 30.9 Å². The Bertz CT molecular complexity index is 565. The summed E-state index contributed by atoms with van der Waals surface area (Å²) in [4.78, 5) is 25.2. The zero-order valence-corrected chi connectivity index (χ0v) is 11.1. The van der Waals surface area contributed by atoms with Crippen molar-refractivity contribution in [2.24, 2.45) is 0 Å². The second kappa shape index (κ2) is 4.63. The van der Waals surface area contributed by atoms with Crippen LogP contribution in [0.25, 0.3) is 0 Å². The van der Waals surface area contributed by atoms with Crippen LogP contribution in [-0.2, 0) is 15.2 Å². The standard InChI is InChI=1S/C15H17NO3/c1-4-7-16-13-6-5-10(2)8-12(13)15(19,14(16)18)9-11(3)17/h4-6,8,19H,1,7,9H2,2-3H3/t15-/m1/s1. The summed E-state index contributed by atoms with van der Waals surface area (Å²) in [6.07, 6.45) is 1.40. The van der Waals surface area contributed by atoms with Gasteiger partial charge in [0.25, 0.3) is 5.91 Å². The molecule has 0 bridgehead atoms. The van der Waals surface area contributed by atoms with E-state index in [0.29, 0.717) is 17.8 Å². The Balaban J connectivity index is 2.59. The Morgan fingerprint density at radius 3 is 2.79 bits per heavy atom. The number of aliphatic hydroxyl groups is 1. The first-order chi connectivity index (χ1) is 8.90. The number of ketones is 1. The molecule has 4 heteroatoms. The zero-order chi connectivity index (χ0) is 14.2. The third-order valence-electron chi connectivity index (χ3n) is 3.30. The normalized spacial score (nSPS) is 21.4. The van der Waals surface area contributed by atoms with E-state index in [2.05, 4.69) is 6.58 Å². The van der Waals surface area contributed by atoms with E-state index in [9.17, 15) is 14.7 Å². The van der Waals surface area contributed by atoms with E-state index in [0.717, 1.165) is 5.56 Å². The van der Waals surface area contributed by atoms with Crippen LogP contribution in [0.1, 0.15) is 24.5 Å². The van der Waals surface area contributed by atoms with Crippen LogP contribution in [0.5, 0.6) is 0 Å². The summed E-state index contributed by atoms with van der Waals surface area (Å²) >= 11 is 0. The fraction of sp³-hybridized carbons (Fsp3) is 0.333. The number of benzene rings is 1. The van der Waals surface area contributed by atoms with E-state index < -0.39 is 11.5 Å². The van der Waals surface area contributed by atoms with Gasteiger partial charge in [0, 0.05) is 18.5 Å².